The van der Waals surface area contributed by atoms with E-state index in [4.69, 9.17) is 18.5 Å². The topological polar surface area (TPSA) is 94.1 Å². The van der Waals surface area contributed by atoms with Gasteiger partial charge in [-0.2, -0.15) is 0 Å². The highest BCUT2D eigenvalue weighted by Crippen LogP contribution is 2.38. The third-order valence-electron chi connectivity index (χ3n) is 8.62. The van der Waals surface area contributed by atoms with Gasteiger partial charge in [0, 0.05) is 13.0 Å². The molecule has 0 aliphatic rings. The average Bonchev–Trinajstić information content (AvgIpc) is 3.11. The van der Waals surface area contributed by atoms with Gasteiger partial charge in [-0.1, -0.05) is 158 Å². The van der Waals surface area contributed by atoms with Crippen LogP contribution >= 0.6 is 7.82 Å². The van der Waals surface area contributed by atoms with Crippen LogP contribution in [0.25, 0.3) is 0 Å². The number of phosphoric ester groups is 1. The van der Waals surface area contributed by atoms with Crippen LogP contribution in [0.3, 0.4) is 0 Å². The summed E-state index contributed by atoms with van der Waals surface area (Å²) in [6, 6.07) is 0. The summed E-state index contributed by atoms with van der Waals surface area (Å²) in [5.41, 5.74) is 0. The summed E-state index contributed by atoms with van der Waals surface area (Å²) in [5, 5.41) is 0. The maximum absolute atomic E-state index is 12.4. The molecule has 1 unspecified atom stereocenters. The maximum atomic E-state index is 12.4. The second kappa shape index (κ2) is 37.1. The molecule has 2 atom stereocenters. The van der Waals surface area contributed by atoms with E-state index >= 15 is 0 Å². The molecule has 0 aliphatic heterocycles. The fourth-order valence-electron chi connectivity index (χ4n) is 5.32. The molecule has 0 saturated carbocycles. The fraction of sp³-hybridized carbons (Fsp3) is 0.750. The first-order chi connectivity index (χ1) is 25.6. The van der Waals surface area contributed by atoms with Crippen molar-refractivity contribution in [2.24, 2.45) is 0 Å². The van der Waals surface area contributed by atoms with Gasteiger partial charge in [0.15, 0.2) is 0 Å². The molecule has 0 bridgehead atoms. The molecule has 0 fully saturated rings. The predicted molar refractivity (Wildman–Crippen MR) is 222 cm³/mol. The number of likely N-dealkylation sites (N-methyl/N-ethyl adjacent to an activating group) is 1. The minimum Gasteiger partial charge on any atom is -0.756 e. The van der Waals surface area contributed by atoms with E-state index in [1.54, 1.807) is 0 Å². The molecule has 0 aromatic carbocycles. The zero-order valence-corrected chi connectivity index (χ0v) is 35.6. The quantitative estimate of drug-likeness (QED) is 0.0203. The summed E-state index contributed by atoms with van der Waals surface area (Å²) >= 11 is 0. The largest absolute Gasteiger partial charge is 0.756 e. The number of carbonyl (C=O) groups excluding carboxylic acids is 1. The molecule has 0 saturated heterocycles. The van der Waals surface area contributed by atoms with Crippen molar-refractivity contribution in [3.05, 3.63) is 60.8 Å². The Morgan fingerprint density at radius 3 is 1.57 bits per heavy atom. The third-order valence-corrected chi connectivity index (χ3v) is 9.59. The molecule has 0 aliphatic carbocycles. The zero-order valence-electron chi connectivity index (χ0n) is 34.7. The van der Waals surface area contributed by atoms with Crippen molar-refractivity contribution in [2.45, 2.75) is 161 Å². The van der Waals surface area contributed by atoms with Gasteiger partial charge in [0.25, 0.3) is 7.82 Å². The minimum absolute atomic E-state index is 0.0295. The van der Waals surface area contributed by atoms with Crippen LogP contribution in [0, 0.1) is 0 Å². The van der Waals surface area contributed by atoms with Crippen molar-refractivity contribution in [3.63, 3.8) is 0 Å². The van der Waals surface area contributed by atoms with Crippen LogP contribution in [0.2, 0.25) is 0 Å². The van der Waals surface area contributed by atoms with Crippen molar-refractivity contribution in [3.8, 4) is 0 Å². The summed E-state index contributed by atoms with van der Waals surface area (Å²) in [4.78, 5) is 24.8. The minimum atomic E-state index is -4.50. The molecule has 0 rings (SSSR count). The first kappa shape index (κ1) is 51.2. The van der Waals surface area contributed by atoms with Crippen molar-refractivity contribution in [2.75, 3.05) is 54.1 Å². The van der Waals surface area contributed by atoms with Gasteiger partial charge in [-0.25, -0.2) is 0 Å². The van der Waals surface area contributed by atoms with E-state index in [1.165, 1.54) is 70.6 Å². The lowest BCUT2D eigenvalue weighted by molar-refractivity contribution is -0.870. The van der Waals surface area contributed by atoms with Crippen LogP contribution in [0.4, 0.5) is 0 Å². The number of esters is 1. The lowest BCUT2D eigenvalue weighted by atomic mass is 10.0. The smallest absolute Gasteiger partial charge is 0.305 e. The number of unbranched alkanes of at least 4 members (excludes halogenated alkanes) is 14. The predicted octanol–water partition coefficient (Wildman–Crippen LogP) is 11.5. The number of phosphoric acid groups is 1. The number of ether oxygens (including phenoxy) is 2. The highest BCUT2D eigenvalue weighted by molar-refractivity contribution is 7.45. The molecular weight excluding hydrogens is 685 g/mol. The Morgan fingerprint density at radius 1 is 0.604 bits per heavy atom. The number of hydrogen-bond acceptors (Lipinski definition) is 7. The van der Waals surface area contributed by atoms with Gasteiger partial charge in [-0.05, 0) is 51.4 Å². The molecule has 0 aromatic rings. The second-order valence-corrected chi connectivity index (χ2v) is 16.4. The van der Waals surface area contributed by atoms with E-state index in [-0.39, 0.29) is 32.2 Å². The van der Waals surface area contributed by atoms with Crippen LogP contribution < -0.4 is 4.89 Å². The fourth-order valence-corrected chi connectivity index (χ4v) is 6.05. The molecule has 0 aromatic heterocycles. The SMILES string of the molecule is CC/C=C/C/C=C/C/C=C/C/C=C/C/C=C/CCCC(=O)OC[C@@H](COP(=O)([O-])OCC[N+](C)(C)C)OCCCCCCCCCCCCCCCC. The highest BCUT2D eigenvalue weighted by atomic mass is 31.2. The van der Waals surface area contributed by atoms with Gasteiger partial charge in [0.2, 0.25) is 0 Å². The summed E-state index contributed by atoms with van der Waals surface area (Å²) in [7, 11) is 1.37. The molecule has 0 spiro atoms. The van der Waals surface area contributed by atoms with Crippen LogP contribution in [-0.2, 0) is 27.9 Å². The Kier molecular flexibility index (Phi) is 35.9. The lowest BCUT2D eigenvalue weighted by Gasteiger charge is -2.28. The summed E-state index contributed by atoms with van der Waals surface area (Å²) < 4.78 is 34.5. The van der Waals surface area contributed by atoms with Gasteiger partial charge in [0.1, 0.15) is 25.9 Å². The molecule has 9 heteroatoms. The molecule has 0 amide bonds. The van der Waals surface area contributed by atoms with Crippen LogP contribution in [-0.4, -0.2) is 70.7 Å². The van der Waals surface area contributed by atoms with Crippen LogP contribution in [0.15, 0.2) is 60.8 Å². The number of nitrogens with zero attached hydrogens (tertiary/aromatic N) is 1. The van der Waals surface area contributed by atoms with E-state index in [9.17, 15) is 14.3 Å². The van der Waals surface area contributed by atoms with E-state index < -0.39 is 13.9 Å². The molecular formula is C44H80NO7P. The summed E-state index contributed by atoms with van der Waals surface area (Å²) in [6.07, 6.45) is 45.3. The van der Waals surface area contributed by atoms with Gasteiger partial charge in [-0.3, -0.25) is 9.36 Å². The Labute approximate surface area is 326 Å². The van der Waals surface area contributed by atoms with E-state index in [2.05, 4.69) is 74.6 Å². The van der Waals surface area contributed by atoms with Gasteiger partial charge >= 0.3 is 5.97 Å². The Balaban J connectivity index is 4.35. The number of carbonyl (C=O) groups is 1. The molecule has 0 N–H and O–H groups in total. The van der Waals surface area contributed by atoms with Gasteiger partial charge < -0.3 is 27.9 Å². The normalized spacial score (nSPS) is 14.5. The Morgan fingerprint density at radius 2 is 1.08 bits per heavy atom. The molecule has 308 valence electrons. The second-order valence-electron chi connectivity index (χ2n) is 15.0. The van der Waals surface area contributed by atoms with Gasteiger partial charge in [0.05, 0.1) is 27.7 Å². The number of allylic oxidation sites excluding steroid dienone is 10. The number of hydrogen-bond donors (Lipinski definition) is 0. The van der Waals surface area contributed by atoms with Gasteiger partial charge in [-0.15, -0.1) is 0 Å². The van der Waals surface area contributed by atoms with Crippen molar-refractivity contribution in [1.82, 2.24) is 0 Å². The van der Waals surface area contributed by atoms with Crippen molar-refractivity contribution >= 4 is 13.8 Å². The lowest BCUT2D eigenvalue weighted by Crippen LogP contribution is -2.37. The zero-order chi connectivity index (χ0) is 39.1. The molecule has 8 nitrogen and oxygen atoms in total. The first-order valence-corrected chi connectivity index (χ1v) is 22.5. The molecule has 0 radical (unpaired) electrons. The van der Waals surface area contributed by atoms with E-state index in [0.717, 1.165) is 57.8 Å². The standard InChI is InChI=1S/C44H80NO7P/c1-6-8-10-12-14-16-18-20-22-23-24-25-27-29-31-33-35-37-44(46)50-41-43(42-52-53(47,48)51-40-38-45(3,4)5)49-39-36-34-32-30-28-26-21-19-17-15-13-11-9-7-2/h8,10,14,16,20,22,24-25,29,31,43H,6-7,9,11-13,15,17-19,21,23,26-28,30,32-42H2,1-5H3/b10-8+,16-14+,22-20+,25-24+,31-29+/t43-/m0/s1. The monoisotopic (exact) mass is 766 g/mol. The molecule has 0 heterocycles. The van der Waals surface area contributed by atoms with E-state index in [0.29, 0.717) is 24.1 Å². The summed E-state index contributed by atoms with van der Waals surface area (Å²) in [6.45, 7) is 5.10. The average molecular weight is 766 g/mol. The third kappa shape index (κ3) is 41.2. The van der Waals surface area contributed by atoms with Crippen LogP contribution in [0.1, 0.15) is 155 Å². The van der Waals surface area contributed by atoms with Crippen LogP contribution in [0.5, 0.6) is 0 Å². The summed E-state index contributed by atoms with van der Waals surface area (Å²) in [5.74, 6) is -0.327. The van der Waals surface area contributed by atoms with E-state index in [1.807, 2.05) is 21.1 Å². The maximum Gasteiger partial charge on any atom is 0.305 e. The number of rotatable bonds is 38. The Bertz CT molecular complexity index is 1030. The molecule has 53 heavy (non-hydrogen) atoms. The number of quaternary nitrogens is 1. The van der Waals surface area contributed by atoms with Crippen molar-refractivity contribution < 1.29 is 37.3 Å². The first-order valence-electron chi connectivity index (χ1n) is 21.0. The van der Waals surface area contributed by atoms with Crippen molar-refractivity contribution in [1.29, 1.82) is 0 Å². The highest BCUT2D eigenvalue weighted by Gasteiger charge is 2.19. The Hall–Kier alpha value is -1.80.